The second kappa shape index (κ2) is 8.99. The molecule has 0 radical (unpaired) electrons. The molecule has 10 heteroatoms. The number of methoxy groups -OCH3 is 1. The first-order valence-electron chi connectivity index (χ1n) is 10.0. The van der Waals surface area contributed by atoms with Crippen LogP contribution in [-0.4, -0.2) is 60.0 Å². The summed E-state index contributed by atoms with van der Waals surface area (Å²) in [5.41, 5.74) is 1.16. The first-order chi connectivity index (χ1) is 14.7. The smallest absolute Gasteiger partial charge is 0.417 e. The number of hydrogen-bond acceptors (Lipinski definition) is 5. The van der Waals surface area contributed by atoms with Crippen LogP contribution in [0.25, 0.3) is 0 Å². The van der Waals surface area contributed by atoms with Gasteiger partial charge in [0.2, 0.25) is 0 Å². The highest BCUT2D eigenvalue weighted by molar-refractivity contribution is 6.00. The summed E-state index contributed by atoms with van der Waals surface area (Å²) < 4.78 is 43.1. The molecule has 1 saturated heterocycles. The fourth-order valence-electron chi connectivity index (χ4n) is 3.76. The normalized spacial score (nSPS) is 15.0. The zero-order valence-corrected chi connectivity index (χ0v) is 17.7. The number of carbonyl (C=O) groups is 2. The van der Waals surface area contributed by atoms with E-state index in [2.05, 4.69) is 9.97 Å². The number of esters is 1. The van der Waals surface area contributed by atoms with Crippen LogP contribution in [0.3, 0.4) is 0 Å². The third-order valence-corrected chi connectivity index (χ3v) is 5.47. The number of carbonyl (C=O) groups excluding carboxylic acids is 2. The standard InChI is InChI=1S/C21H25F3N4O3/c1-4-15-17(20(30)31-3)13(2)18(26-15)19(29)28-9-5-8-27(10-11-28)16-7-6-14(12-25-16)21(22,23)24/h6-7,12,26H,4-5,8-11H2,1-3H3. The zero-order chi connectivity index (χ0) is 22.8. The Morgan fingerprint density at radius 3 is 2.52 bits per heavy atom. The number of halogens is 3. The van der Waals surface area contributed by atoms with Crippen LogP contribution in [0, 0.1) is 6.92 Å². The van der Waals surface area contributed by atoms with Gasteiger partial charge in [0.15, 0.2) is 0 Å². The highest BCUT2D eigenvalue weighted by Crippen LogP contribution is 2.29. The molecule has 3 rings (SSSR count). The molecule has 2 aromatic heterocycles. The number of H-pyrrole nitrogens is 1. The van der Waals surface area contributed by atoms with Gasteiger partial charge < -0.3 is 19.5 Å². The molecule has 0 aromatic carbocycles. The molecule has 168 valence electrons. The van der Waals surface area contributed by atoms with Gasteiger partial charge in [0.1, 0.15) is 11.5 Å². The zero-order valence-electron chi connectivity index (χ0n) is 17.7. The van der Waals surface area contributed by atoms with E-state index >= 15 is 0 Å². The largest absolute Gasteiger partial charge is 0.465 e. The Labute approximate surface area is 178 Å². The van der Waals surface area contributed by atoms with Crippen LogP contribution in [0.5, 0.6) is 0 Å². The molecule has 0 saturated carbocycles. The van der Waals surface area contributed by atoms with Crippen LogP contribution in [0.4, 0.5) is 19.0 Å². The number of aromatic nitrogens is 2. The molecule has 0 aliphatic carbocycles. The van der Waals surface area contributed by atoms with Gasteiger partial charge in [-0.3, -0.25) is 4.79 Å². The topological polar surface area (TPSA) is 78.5 Å². The van der Waals surface area contributed by atoms with Gasteiger partial charge in [-0.1, -0.05) is 6.92 Å². The van der Waals surface area contributed by atoms with Gasteiger partial charge in [0, 0.05) is 38.1 Å². The molecular weight excluding hydrogens is 413 g/mol. The fourth-order valence-corrected chi connectivity index (χ4v) is 3.76. The number of nitrogens with one attached hydrogen (secondary N) is 1. The van der Waals surface area contributed by atoms with E-state index in [1.165, 1.54) is 13.2 Å². The highest BCUT2D eigenvalue weighted by Gasteiger charge is 2.31. The predicted octanol–water partition coefficient (Wildman–Crippen LogP) is 3.44. The van der Waals surface area contributed by atoms with Gasteiger partial charge in [0.25, 0.3) is 5.91 Å². The Morgan fingerprint density at radius 2 is 1.94 bits per heavy atom. The summed E-state index contributed by atoms with van der Waals surface area (Å²) in [5, 5.41) is 0. The van der Waals surface area contributed by atoms with Crippen molar-refractivity contribution in [3.05, 3.63) is 46.4 Å². The van der Waals surface area contributed by atoms with Crippen LogP contribution in [0.1, 0.15) is 51.0 Å². The Balaban J connectivity index is 1.74. The second-order valence-electron chi connectivity index (χ2n) is 7.36. The molecular formula is C21H25F3N4O3. The molecule has 0 bridgehead atoms. The highest BCUT2D eigenvalue weighted by atomic mass is 19.4. The number of aryl methyl sites for hydroxylation is 1. The van der Waals surface area contributed by atoms with Crippen molar-refractivity contribution < 1.29 is 27.5 Å². The fraction of sp³-hybridized carbons (Fsp3) is 0.476. The maximum absolute atomic E-state index is 13.1. The molecule has 3 heterocycles. The molecule has 7 nitrogen and oxygen atoms in total. The van der Waals surface area contributed by atoms with E-state index in [0.29, 0.717) is 67.4 Å². The maximum Gasteiger partial charge on any atom is 0.417 e. The summed E-state index contributed by atoms with van der Waals surface area (Å²) in [6, 6.07) is 2.37. The van der Waals surface area contributed by atoms with E-state index in [0.717, 1.165) is 12.3 Å². The van der Waals surface area contributed by atoms with Crippen molar-refractivity contribution in [3.63, 3.8) is 0 Å². The molecule has 1 N–H and O–H groups in total. The SMILES string of the molecule is CCc1[nH]c(C(=O)N2CCCN(c3ccc(C(F)(F)F)cn3)CC2)c(C)c1C(=O)OC. The number of alkyl halides is 3. The van der Waals surface area contributed by atoms with E-state index in [1.54, 1.807) is 11.8 Å². The number of anilines is 1. The molecule has 1 fully saturated rings. The molecule has 1 aliphatic heterocycles. The summed E-state index contributed by atoms with van der Waals surface area (Å²) in [5.74, 6) is -0.260. The van der Waals surface area contributed by atoms with Gasteiger partial charge in [0.05, 0.1) is 18.2 Å². The monoisotopic (exact) mass is 438 g/mol. The average Bonchev–Trinajstić information content (AvgIpc) is 2.91. The first-order valence-corrected chi connectivity index (χ1v) is 10.0. The van der Waals surface area contributed by atoms with E-state index in [9.17, 15) is 22.8 Å². The minimum Gasteiger partial charge on any atom is -0.465 e. The minimum absolute atomic E-state index is 0.218. The number of nitrogens with zero attached hydrogens (tertiary/aromatic N) is 3. The molecule has 1 aliphatic rings. The first kappa shape index (κ1) is 22.6. The van der Waals surface area contributed by atoms with Gasteiger partial charge in [-0.15, -0.1) is 0 Å². The maximum atomic E-state index is 13.1. The Hall–Kier alpha value is -3.04. The van der Waals surface area contributed by atoms with Gasteiger partial charge >= 0.3 is 12.1 Å². The Kier molecular flexibility index (Phi) is 6.56. The minimum atomic E-state index is -4.43. The van der Waals surface area contributed by atoms with Gasteiger partial charge in [-0.25, -0.2) is 9.78 Å². The quantitative estimate of drug-likeness (QED) is 0.740. The Bertz CT molecular complexity index is 954. The van der Waals surface area contributed by atoms with E-state index < -0.39 is 17.7 Å². The number of aromatic amines is 1. The second-order valence-corrected chi connectivity index (χ2v) is 7.36. The third kappa shape index (κ3) is 4.67. The van der Waals surface area contributed by atoms with Crippen molar-refractivity contribution in [2.45, 2.75) is 32.9 Å². The molecule has 0 atom stereocenters. The van der Waals surface area contributed by atoms with Gasteiger partial charge in [-0.2, -0.15) is 13.2 Å². The van der Waals surface area contributed by atoms with Crippen molar-refractivity contribution in [1.29, 1.82) is 0 Å². The summed E-state index contributed by atoms with van der Waals surface area (Å²) in [6.07, 6.45) is -2.42. The predicted molar refractivity (Wildman–Crippen MR) is 108 cm³/mol. The third-order valence-electron chi connectivity index (χ3n) is 5.47. The number of hydrogen-bond donors (Lipinski definition) is 1. The van der Waals surface area contributed by atoms with Crippen LogP contribution >= 0.6 is 0 Å². The van der Waals surface area contributed by atoms with Crippen molar-refractivity contribution in [1.82, 2.24) is 14.9 Å². The van der Waals surface area contributed by atoms with E-state index in [4.69, 9.17) is 4.74 Å². The average molecular weight is 438 g/mol. The van der Waals surface area contributed by atoms with Crippen LogP contribution < -0.4 is 4.90 Å². The molecule has 0 unspecified atom stereocenters. The molecule has 1 amide bonds. The van der Waals surface area contributed by atoms with E-state index in [1.807, 2.05) is 11.8 Å². The number of pyridine rings is 1. The molecule has 31 heavy (non-hydrogen) atoms. The van der Waals surface area contributed by atoms with Crippen LogP contribution in [-0.2, 0) is 17.3 Å². The van der Waals surface area contributed by atoms with Gasteiger partial charge in [-0.05, 0) is 37.5 Å². The van der Waals surface area contributed by atoms with Crippen molar-refractivity contribution >= 4 is 17.7 Å². The summed E-state index contributed by atoms with van der Waals surface area (Å²) >= 11 is 0. The van der Waals surface area contributed by atoms with Crippen molar-refractivity contribution in [3.8, 4) is 0 Å². The summed E-state index contributed by atoms with van der Waals surface area (Å²) in [7, 11) is 1.30. The molecule has 2 aromatic rings. The lowest BCUT2D eigenvalue weighted by Gasteiger charge is -2.23. The lowest BCUT2D eigenvalue weighted by molar-refractivity contribution is -0.137. The number of ether oxygens (including phenoxy) is 1. The summed E-state index contributed by atoms with van der Waals surface area (Å²) in [6.45, 7) is 5.48. The lowest BCUT2D eigenvalue weighted by Crippen LogP contribution is -2.36. The summed E-state index contributed by atoms with van der Waals surface area (Å²) in [4.78, 5) is 35.8. The molecule has 0 spiro atoms. The number of amides is 1. The lowest BCUT2D eigenvalue weighted by atomic mass is 10.1. The van der Waals surface area contributed by atoms with Crippen LogP contribution in [0.15, 0.2) is 18.3 Å². The van der Waals surface area contributed by atoms with Crippen molar-refractivity contribution in [2.24, 2.45) is 0 Å². The van der Waals surface area contributed by atoms with Crippen molar-refractivity contribution in [2.75, 3.05) is 38.2 Å². The Morgan fingerprint density at radius 1 is 1.19 bits per heavy atom. The van der Waals surface area contributed by atoms with E-state index in [-0.39, 0.29) is 5.91 Å². The van der Waals surface area contributed by atoms with Crippen LogP contribution in [0.2, 0.25) is 0 Å². The number of rotatable bonds is 4.